The topological polar surface area (TPSA) is 63.6 Å². The minimum absolute atomic E-state index is 0.0712. The van der Waals surface area contributed by atoms with E-state index in [9.17, 15) is 14.7 Å². The summed E-state index contributed by atoms with van der Waals surface area (Å²) in [5.74, 6) is -2.46. The molecule has 1 atom stereocenters. The van der Waals surface area contributed by atoms with Gasteiger partial charge in [-0.25, -0.2) is 0 Å². The molecule has 0 radical (unpaired) electrons. The minimum atomic E-state index is -1.69. The molecule has 4 nitrogen and oxygen atoms in total. The van der Waals surface area contributed by atoms with Crippen molar-refractivity contribution in [1.82, 2.24) is 0 Å². The van der Waals surface area contributed by atoms with E-state index in [4.69, 9.17) is 27.9 Å². The largest absolute Gasteiger partial charge is 0.480 e. The standard InChI is InChI=1S/C15H18Cl2O4/c1-4-21-14(20)15(9(2)3,13(18)19)8-10-7-11(16)5-6-12(10)17/h5-7,9H,4,8H2,1-3H3,(H,18,19). The molecule has 0 aliphatic heterocycles. The van der Waals surface area contributed by atoms with Crippen LogP contribution in [-0.4, -0.2) is 23.7 Å². The fraction of sp³-hybridized carbons (Fsp3) is 0.467. The number of carbonyl (C=O) groups is 2. The molecule has 0 spiro atoms. The summed E-state index contributed by atoms with van der Waals surface area (Å²) in [6.45, 7) is 5.09. The Morgan fingerprint density at radius 1 is 1.33 bits per heavy atom. The molecule has 0 saturated heterocycles. The van der Waals surface area contributed by atoms with E-state index in [1.165, 1.54) is 0 Å². The van der Waals surface area contributed by atoms with E-state index in [0.717, 1.165) is 0 Å². The van der Waals surface area contributed by atoms with Gasteiger partial charge in [-0.3, -0.25) is 9.59 Å². The second-order valence-corrected chi connectivity index (χ2v) is 5.91. The number of carboxylic acid groups (broad SMARTS) is 1. The maximum atomic E-state index is 12.3. The van der Waals surface area contributed by atoms with Crippen LogP contribution >= 0.6 is 23.2 Å². The Hall–Kier alpha value is -1.26. The fourth-order valence-corrected chi connectivity index (χ4v) is 2.54. The second kappa shape index (κ2) is 7.14. The highest BCUT2D eigenvalue weighted by molar-refractivity contribution is 6.33. The van der Waals surface area contributed by atoms with Crippen LogP contribution in [0.5, 0.6) is 0 Å². The lowest BCUT2D eigenvalue weighted by Gasteiger charge is -2.31. The Balaban J connectivity index is 3.33. The molecule has 0 bridgehead atoms. The number of esters is 1. The van der Waals surface area contributed by atoms with Crippen LogP contribution in [0.15, 0.2) is 18.2 Å². The number of ether oxygens (including phenoxy) is 1. The molecule has 0 amide bonds. The van der Waals surface area contributed by atoms with Crippen LogP contribution in [0, 0.1) is 11.3 Å². The van der Waals surface area contributed by atoms with Crippen molar-refractivity contribution in [3.63, 3.8) is 0 Å². The maximum Gasteiger partial charge on any atom is 0.324 e. The summed E-state index contributed by atoms with van der Waals surface area (Å²) < 4.78 is 4.98. The molecule has 1 rings (SSSR count). The summed E-state index contributed by atoms with van der Waals surface area (Å²) in [6.07, 6.45) is -0.0712. The first-order valence-electron chi connectivity index (χ1n) is 6.60. The van der Waals surface area contributed by atoms with Crippen molar-refractivity contribution in [3.05, 3.63) is 33.8 Å². The van der Waals surface area contributed by atoms with Crippen LogP contribution in [0.2, 0.25) is 10.0 Å². The predicted molar refractivity (Wildman–Crippen MR) is 81.7 cm³/mol. The molecule has 1 aromatic rings. The highest BCUT2D eigenvalue weighted by Crippen LogP contribution is 2.36. The number of hydrogen-bond donors (Lipinski definition) is 1. The lowest BCUT2D eigenvalue weighted by molar-refractivity contribution is -0.172. The van der Waals surface area contributed by atoms with Crippen molar-refractivity contribution in [2.75, 3.05) is 6.61 Å². The van der Waals surface area contributed by atoms with Gasteiger partial charge in [0.05, 0.1) is 6.61 Å². The van der Waals surface area contributed by atoms with Crippen molar-refractivity contribution in [3.8, 4) is 0 Å². The third-order valence-electron chi connectivity index (χ3n) is 3.48. The highest BCUT2D eigenvalue weighted by atomic mass is 35.5. The smallest absolute Gasteiger partial charge is 0.324 e. The van der Waals surface area contributed by atoms with Gasteiger partial charge in [0.15, 0.2) is 5.41 Å². The normalized spacial score (nSPS) is 13.8. The van der Waals surface area contributed by atoms with Crippen LogP contribution in [0.25, 0.3) is 0 Å². The van der Waals surface area contributed by atoms with E-state index in [0.29, 0.717) is 15.6 Å². The average Bonchev–Trinajstić information content (AvgIpc) is 2.39. The number of halogens is 2. The summed E-state index contributed by atoms with van der Waals surface area (Å²) in [6, 6.07) is 4.76. The van der Waals surface area contributed by atoms with E-state index >= 15 is 0 Å². The van der Waals surface area contributed by atoms with Gasteiger partial charge in [0, 0.05) is 16.5 Å². The molecule has 0 aromatic heterocycles. The van der Waals surface area contributed by atoms with E-state index in [1.54, 1.807) is 39.0 Å². The summed E-state index contributed by atoms with van der Waals surface area (Å²) in [5, 5.41) is 10.4. The molecule has 0 fully saturated rings. The van der Waals surface area contributed by atoms with Crippen molar-refractivity contribution in [2.45, 2.75) is 27.2 Å². The van der Waals surface area contributed by atoms with Gasteiger partial charge in [-0.2, -0.15) is 0 Å². The van der Waals surface area contributed by atoms with Crippen molar-refractivity contribution in [1.29, 1.82) is 0 Å². The van der Waals surface area contributed by atoms with Crippen LogP contribution in [0.3, 0.4) is 0 Å². The molecule has 0 aliphatic rings. The molecule has 116 valence electrons. The monoisotopic (exact) mass is 332 g/mol. The van der Waals surface area contributed by atoms with Gasteiger partial charge in [-0.1, -0.05) is 37.0 Å². The number of carbonyl (C=O) groups excluding carboxylic acids is 1. The molecule has 1 N–H and O–H groups in total. The SMILES string of the molecule is CCOC(=O)C(Cc1cc(Cl)ccc1Cl)(C(=O)O)C(C)C. The quantitative estimate of drug-likeness (QED) is 0.635. The molecule has 0 heterocycles. The van der Waals surface area contributed by atoms with Crippen molar-refractivity contribution >= 4 is 35.1 Å². The zero-order chi connectivity index (χ0) is 16.2. The van der Waals surface area contributed by atoms with Gasteiger partial charge < -0.3 is 9.84 Å². The van der Waals surface area contributed by atoms with Crippen LogP contribution in [0.4, 0.5) is 0 Å². The van der Waals surface area contributed by atoms with Crippen LogP contribution < -0.4 is 0 Å². The molecule has 1 aromatic carbocycles. The molecule has 6 heteroatoms. The van der Waals surface area contributed by atoms with E-state index in [2.05, 4.69) is 0 Å². The number of carboxylic acids is 1. The van der Waals surface area contributed by atoms with Crippen LogP contribution in [0.1, 0.15) is 26.3 Å². The zero-order valence-electron chi connectivity index (χ0n) is 12.2. The number of benzene rings is 1. The Labute approximate surface area is 134 Å². The molecule has 1 unspecified atom stereocenters. The lowest BCUT2D eigenvalue weighted by Crippen LogP contribution is -2.47. The molecular formula is C15H18Cl2O4. The number of hydrogen-bond acceptors (Lipinski definition) is 3. The van der Waals surface area contributed by atoms with Gasteiger partial charge >= 0.3 is 11.9 Å². The van der Waals surface area contributed by atoms with Gasteiger partial charge in [0.2, 0.25) is 0 Å². The third kappa shape index (κ3) is 3.69. The van der Waals surface area contributed by atoms with E-state index < -0.39 is 23.3 Å². The summed E-state index contributed by atoms with van der Waals surface area (Å²) >= 11 is 12.0. The van der Waals surface area contributed by atoms with E-state index in [1.807, 2.05) is 0 Å². The Morgan fingerprint density at radius 2 is 1.95 bits per heavy atom. The minimum Gasteiger partial charge on any atom is -0.480 e. The Morgan fingerprint density at radius 3 is 2.43 bits per heavy atom. The molecular weight excluding hydrogens is 315 g/mol. The molecule has 21 heavy (non-hydrogen) atoms. The van der Waals surface area contributed by atoms with Gasteiger partial charge in [0.1, 0.15) is 0 Å². The predicted octanol–water partition coefficient (Wildman–Crippen LogP) is 3.83. The van der Waals surface area contributed by atoms with Gasteiger partial charge in [-0.05, 0) is 36.6 Å². The first kappa shape index (κ1) is 17.8. The van der Waals surface area contributed by atoms with Crippen molar-refractivity contribution in [2.24, 2.45) is 11.3 Å². The molecule has 0 aliphatic carbocycles. The highest BCUT2D eigenvalue weighted by Gasteiger charge is 2.50. The van der Waals surface area contributed by atoms with Gasteiger partial charge in [0.25, 0.3) is 0 Å². The first-order chi connectivity index (χ1) is 9.75. The summed E-state index contributed by atoms with van der Waals surface area (Å²) in [4.78, 5) is 24.1. The Kier molecular flexibility index (Phi) is 6.05. The zero-order valence-corrected chi connectivity index (χ0v) is 13.7. The third-order valence-corrected chi connectivity index (χ3v) is 4.09. The Bertz CT molecular complexity index is 542. The average molecular weight is 333 g/mol. The van der Waals surface area contributed by atoms with Crippen LogP contribution in [-0.2, 0) is 20.7 Å². The first-order valence-corrected chi connectivity index (χ1v) is 7.35. The lowest BCUT2D eigenvalue weighted by atomic mass is 9.72. The van der Waals surface area contributed by atoms with E-state index in [-0.39, 0.29) is 13.0 Å². The molecule has 0 saturated carbocycles. The number of rotatable bonds is 6. The maximum absolute atomic E-state index is 12.3. The van der Waals surface area contributed by atoms with Gasteiger partial charge in [-0.15, -0.1) is 0 Å². The fourth-order valence-electron chi connectivity index (χ4n) is 2.16. The van der Waals surface area contributed by atoms with Crippen molar-refractivity contribution < 1.29 is 19.4 Å². The summed E-state index contributed by atoms with van der Waals surface area (Å²) in [7, 11) is 0. The second-order valence-electron chi connectivity index (χ2n) is 5.06. The number of aliphatic carboxylic acids is 1. The summed E-state index contributed by atoms with van der Waals surface area (Å²) in [5.41, 5.74) is -1.18.